The Labute approximate surface area is 295 Å². The number of hydrogen-bond donors (Lipinski definition) is 0. The summed E-state index contributed by atoms with van der Waals surface area (Å²) in [6, 6.07) is 59.1. The van der Waals surface area contributed by atoms with Gasteiger partial charge in [-0.05, 0) is 106 Å². The first-order valence-electron chi connectivity index (χ1n) is 17.1. The Balaban J connectivity index is 1.21. The van der Waals surface area contributed by atoms with Crippen LogP contribution in [-0.4, -0.2) is 9.97 Å². The summed E-state index contributed by atoms with van der Waals surface area (Å²) in [5, 5.41) is 6.95. The van der Waals surface area contributed by atoms with E-state index in [0.717, 1.165) is 78.6 Å². The molecule has 5 nitrogen and oxygen atoms in total. The van der Waals surface area contributed by atoms with Crippen LogP contribution >= 0.6 is 0 Å². The molecule has 0 saturated carbocycles. The van der Waals surface area contributed by atoms with Gasteiger partial charge in [0.1, 0.15) is 23.1 Å². The molecular formula is C46H30N4O. The Hall–Kier alpha value is -6.98. The second kappa shape index (κ2) is 11.9. The molecule has 0 bridgehead atoms. The maximum absolute atomic E-state index is 6.80. The SMILES string of the molecule is c1ccc(N(c2ccc3c(c2)Oc2cccc4c2c-3cc2c3ccccc3c(N(c3ccccc3)c3ccccn3)cc42)c2ccccn2)cc1. The monoisotopic (exact) mass is 654 g/mol. The van der Waals surface area contributed by atoms with E-state index in [9.17, 15) is 0 Å². The van der Waals surface area contributed by atoms with E-state index >= 15 is 0 Å². The quantitative estimate of drug-likeness (QED) is 0.167. The Morgan fingerprint density at radius 1 is 0.373 bits per heavy atom. The minimum atomic E-state index is 0.815. The van der Waals surface area contributed by atoms with Crippen molar-refractivity contribution in [1.29, 1.82) is 0 Å². The van der Waals surface area contributed by atoms with Gasteiger partial charge < -0.3 is 4.74 Å². The molecule has 0 spiro atoms. The van der Waals surface area contributed by atoms with Crippen molar-refractivity contribution in [2.24, 2.45) is 0 Å². The van der Waals surface area contributed by atoms with Crippen molar-refractivity contribution in [2.45, 2.75) is 0 Å². The van der Waals surface area contributed by atoms with E-state index in [1.54, 1.807) is 0 Å². The molecule has 0 atom stereocenters. The number of para-hydroxylation sites is 2. The van der Waals surface area contributed by atoms with Gasteiger partial charge in [0.05, 0.1) is 11.4 Å². The summed E-state index contributed by atoms with van der Waals surface area (Å²) >= 11 is 0. The van der Waals surface area contributed by atoms with E-state index in [1.807, 2.05) is 67.0 Å². The smallest absolute Gasteiger partial charge is 0.137 e. The first-order valence-corrected chi connectivity index (χ1v) is 17.1. The summed E-state index contributed by atoms with van der Waals surface area (Å²) in [4.78, 5) is 13.9. The summed E-state index contributed by atoms with van der Waals surface area (Å²) in [6.45, 7) is 0. The third-order valence-corrected chi connectivity index (χ3v) is 9.70. The average Bonchev–Trinajstić information content (AvgIpc) is 3.20. The highest BCUT2D eigenvalue weighted by Crippen LogP contribution is 2.52. The van der Waals surface area contributed by atoms with E-state index in [1.165, 1.54) is 10.8 Å². The van der Waals surface area contributed by atoms with E-state index in [4.69, 9.17) is 14.7 Å². The molecule has 240 valence electrons. The van der Waals surface area contributed by atoms with E-state index in [0.29, 0.717) is 0 Å². The Bertz CT molecular complexity index is 2640. The first kappa shape index (κ1) is 29.0. The lowest BCUT2D eigenvalue weighted by Gasteiger charge is -2.28. The average molecular weight is 655 g/mol. The van der Waals surface area contributed by atoms with Gasteiger partial charge in [-0.3, -0.25) is 9.80 Å². The van der Waals surface area contributed by atoms with Crippen LogP contribution in [0.2, 0.25) is 0 Å². The van der Waals surface area contributed by atoms with Crippen molar-refractivity contribution in [3.63, 3.8) is 0 Å². The minimum Gasteiger partial charge on any atom is -0.456 e. The van der Waals surface area contributed by atoms with Crippen LogP contribution in [-0.2, 0) is 0 Å². The van der Waals surface area contributed by atoms with Crippen LogP contribution in [0.1, 0.15) is 0 Å². The summed E-state index contributed by atoms with van der Waals surface area (Å²) in [5.74, 6) is 3.36. The molecule has 0 amide bonds. The van der Waals surface area contributed by atoms with Crippen molar-refractivity contribution in [1.82, 2.24) is 9.97 Å². The number of benzene rings is 7. The van der Waals surface area contributed by atoms with E-state index < -0.39 is 0 Å². The zero-order valence-corrected chi connectivity index (χ0v) is 27.5. The number of nitrogens with zero attached hydrogens (tertiary/aromatic N) is 4. The molecule has 5 heteroatoms. The highest BCUT2D eigenvalue weighted by molar-refractivity contribution is 6.25. The molecule has 7 aromatic carbocycles. The van der Waals surface area contributed by atoms with Gasteiger partial charge in [-0.2, -0.15) is 0 Å². The molecule has 0 radical (unpaired) electrons. The zero-order chi connectivity index (χ0) is 33.7. The van der Waals surface area contributed by atoms with Gasteiger partial charge >= 0.3 is 0 Å². The molecule has 0 saturated heterocycles. The van der Waals surface area contributed by atoms with Crippen LogP contribution in [0.5, 0.6) is 11.5 Å². The molecule has 0 unspecified atom stereocenters. The van der Waals surface area contributed by atoms with Crippen LogP contribution in [0.4, 0.5) is 34.4 Å². The third-order valence-electron chi connectivity index (χ3n) is 9.70. The van der Waals surface area contributed by atoms with E-state index in [2.05, 4.69) is 125 Å². The lowest BCUT2D eigenvalue weighted by Crippen LogP contribution is -2.12. The van der Waals surface area contributed by atoms with Crippen molar-refractivity contribution in [3.8, 4) is 22.6 Å². The van der Waals surface area contributed by atoms with Gasteiger partial charge in [0.25, 0.3) is 0 Å². The van der Waals surface area contributed by atoms with Crippen LogP contribution in [0.3, 0.4) is 0 Å². The fourth-order valence-electron chi connectivity index (χ4n) is 7.50. The van der Waals surface area contributed by atoms with Crippen LogP contribution in [0.25, 0.3) is 43.4 Å². The van der Waals surface area contributed by atoms with Gasteiger partial charge in [0.15, 0.2) is 0 Å². The van der Waals surface area contributed by atoms with Gasteiger partial charge in [-0.15, -0.1) is 0 Å². The van der Waals surface area contributed by atoms with Crippen LogP contribution in [0.15, 0.2) is 182 Å². The fourth-order valence-corrected chi connectivity index (χ4v) is 7.50. The Morgan fingerprint density at radius 2 is 0.980 bits per heavy atom. The third kappa shape index (κ3) is 4.78. The molecular weight excluding hydrogens is 625 g/mol. The maximum atomic E-state index is 6.80. The second-order valence-electron chi connectivity index (χ2n) is 12.6. The van der Waals surface area contributed by atoms with Gasteiger partial charge in [0, 0.05) is 46.2 Å². The summed E-state index contributed by atoms with van der Waals surface area (Å²) < 4.78 is 6.80. The number of hydrogen-bond acceptors (Lipinski definition) is 5. The molecule has 1 aliphatic heterocycles. The van der Waals surface area contributed by atoms with Gasteiger partial charge in [-0.1, -0.05) is 84.9 Å². The maximum Gasteiger partial charge on any atom is 0.137 e. The predicted octanol–water partition coefficient (Wildman–Crippen LogP) is 12.6. The van der Waals surface area contributed by atoms with Crippen LogP contribution < -0.4 is 14.5 Å². The van der Waals surface area contributed by atoms with Gasteiger partial charge in [-0.25, -0.2) is 9.97 Å². The molecule has 0 fully saturated rings. The number of ether oxygens (including phenoxy) is 1. The Morgan fingerprint density at radius 3 is 1.69 bits per heavy atom. The number of aromatic nitrogens is 2. The minimum absolute atomic E-state index is 0.815. The number of fused-ring (bicyclic) bond motifs is 6. The lowest BCUT2D eigenvalue weighted by atomic mass is 9.88. The number of pyridine rings is 2. The fraction of sp³-hybridized carbons (Fsp3) is 0. The summed E-state index contributed by atoms with van der Waals surface area (Å²) in [7, 11) is 0. The van der Waals surface area contributed by atoms with Crippen molar-refractivity contribution in [2.75, 3.05) is 9.80 Å². The van der Waals surface area contributed by atoms with Crippen molar-refractivity contribution >= 4 is 66.7 Å². The molecule has 51 heavy (non-hydrogen) atoms. The second-order valence-corrected chi connectivity index (χ2v) is 12.6. The standard InChI is InChI=1S/C46H30N4O/c1-3-14-31(15-4-1)49(44-22-9-11-26-47-44)33-24-25-36-40-29-38-34-18-7-8-19-35(34)41(50(32-16-5-2-6-17-32)45-23-10-12-27-48-45)30-39(38)37-20-13-21-42(46(37)40)51-43(36)28-33/h1-30H. The van der Waals surface area contributed by atoms with Crippen molar-refractivity contribution < 1.29 is 4.74 Å². The van der Waals surface area contributed by atoms with Crippen molar-refractivity contribution in [3.05, 3.63) is 182 Å². The predicted molar refractivity (Wildman–Crippen MR) is 209 cm³/mol. The van der Waals surface area contributed by atoms with Crippen LogP contribution in [0, 0.1) is 0 Å². The zero-order valence-electron chi connectivity index (χ0n) is 27.5. The molecule has 3 heterocycles. The highest BCUT2D eigenvalue weighted by Gasteiger charge is 2.26. The molecule has 1 aliphatic rings. The topological polar surface area (TPSA) is 41.5 Å². The molecule has 10 rings (SSSR count). The Kier molecular flexibility index (Phi) is 6.74. The molecule has 9 aromatic rings. The summed E-state index contributed by atoms with van der Waals surface area (Å²) in [5.41, 5.74) is 6.34. The largest absolute Gasteiger partial charge is 0.456 e. The molecule has 0 aliphatic carbocycles. The summed E-state index contributed by atoms with van der Waals surface area (Å²) in [6.07, 6.45) is 3.68. The van der Waals surface area contributed by atoms with Gasteiger partial charge in [0.2, 0.25) is 0 Å². The molecule has 2 aromatic heterocycles. The lowest BCUT2D eigenvalue weighted by molar-refractivity contribution is 0.487. The number of rotatable bonds is 6. The normalized spacial score (nSPS) is 11.7. The number of anilines is 6. The highest BCUT2D eigenvalue weighted by atomic mass is 16.5. The molecule has 0 N–H and O–H groups in total. The first-order chi connectivity index (χ1) is 25.3. The van der Waals surface area contributed by atoms with E-state index in [-0.39, 0.29) is 0 Å².